The minimum absolute atomic E-state index is 0.117. The summed E-state index contributed by atoms with van der Waals surface area (Å²) in [6.07, 6.45) is 3.13. The molecule has 0 fully saturated rings. The number of nitrogens with two attached hydrogens (primary N) is 1. The van der Waals surface area contributed by atoms with Gasteiger partial charge in [-0.3, -0.25) is 23.7 Å². The number of carbonyl (C=O) groups excluding carboxylic acids is 4. The van der Waals surface area contributed by atoms with E-state index >= 15 is 0 Å². The van der Waals surface area contributed by atoms with Crippen LogP contribution in [-0.4, -0.2) is 81.7 Å². The third-order valence-corrected chi connectivity index (χ3v) is 6.72. The van der Waals surface area contributed by atoms with Crippen LogP contribution >= 0.6 is 0 Å². The SMILES string of the molecule is CCC(CC(CC(C)C(N)=O)C(=O)NCCCCCNC(=O)CN=[N+]=[N-])C(=O)NCCOCCCS(=O)(=O)O. The monoisotopic (exact) mass is 577 g/mol. The fourth-order valence-electron chi connectivity index (χ4n) is 3.65. The summed E-state index contributed by atoms with van der Waals surface area (Å²) >= 11 is 0. The number of hydrogen-bond acceptors (Lipinski definition) is 8. The number of ether oxygens (including phenoxy) is 1. The number of amides is 4. The lowest BCUT2D eigenvalue weighted by Crippen LogP contribution is -2.39. The molecule has 0 radical (unpaired) electrons. The van der Waals surface area contributed by atoms with Crippen LogP contribution in [0.2, 0.25) is 0 Å². The predicted molar refractivity (Wildman–Crippen MR) is 144 cm³/mol. The van der Waals surface area contributed by atoms with Gasteiger partial charge in [0.05, 0.1) is 12.4 Å². The molecule has 3 atom stereocenters. The first kappa shape index (κ1) is 36.1. The standard InChI is InChI=1S/C23H43N7O8S/c1-3-18(22(33)28-10-12-38-11-7-13-39(35,36)37)15-19(14-17(2)21(24)32)23(34)27-9-6-4-5-8-26-20(31)16-29-30-25/h17-19H,3-16H2,1-2H3,(H2,24,32)(H,26,31)(H,27,34)(H,28,33)(H,35,36,37). The van der Waals surface area contributed by atoms with Gasteiger partial charge >= 0.3 is 0 Å². The van der Waals surface area contributed by atoms with Gasteiger partial charge in [-0.25, -0.2) is 0 Å². The highest BCUT2D eigenvalue weighted by Crippen LogP contribution is 2.23. The van der Waals surface area contributed by atoms with Crippen molar-refractivity contribution >= 4 is 33.7 Å². The molecule has 6 N–H and O–H groups in total. The van der Waals surface area contributed by atoms with Crippen molar-refractivity contribution in [3.05, 3.63) is 10.4 Å². The van der Waals surface area contributed by atoms with Gasteiger partial charge in [0, 0.05) is 48.9 Å². The third kappa shape index (κ3) is 19.7. The van der Waals surface area contributed by atoms with E-state index in [9.17, 15) is 27.6 Å². The Bertz CT molecular complexity index is 925. The number of nitrogens with one attached hydrogen (secondary N) is 3. The maximum absolute atomic E-state index is 12.9. The predicted octanol–water partition coefficient (Wildman–Crippen LogP) is 0.654. The molecule has 0 saturated carbocycles. The van der Waals surface area contributed by atoms with E-state index in [4.69, 9.17) is 20.6 Å². The summed E-state index contributed by atoms with van der Waals surface area (Å²) in [5.41, 5.74) is 13.6. The van der Waals surface area contributed by atoms with Gasteiger partial charge < -0.3 is 26.4 Å². The Morgan fingerprint density at radius 1 is 0.949 bits per heavy atom. The molecular formula is C23H43N7O8S. The van der Waals surface area contributed by atoms with Crippen LogP contribution in [0.5, 0.6) is 0 Å². The van der Waals surface area contributed by atoms with Gasteiger partial charge in [-0.15, -0.1) is 0 Å². The summed E-state index contributed by atoms with van der Waals surface area (Å²) in [5, 5.41) is 11.4. The molecule has 16 heteroatoms. The molecule has 0 aromatic heterocycles. The number of azide groups is 1. The zero-order valence-electron chi connectivity index (χ0n) is 22.8. The van der Waals surface area contributed by atoms with E-state index in [1.165, 1.54) is 0 Å². The minimum Gasteiger partial charge on any atom is -0.380 e. The lowest BCUT2D eigenvalue weighted by molar-refractivity contribution is -0.129. The van der Waals surface area contributed by atoms with Crippen LogP contribution in [0.25, 0.3) is 10.4 Å². The average Bonchev–Trinajstić information content (AvgIpc) is 2.87. The van der Waals surface area contributed by atoms with Crippen LogP contribution in [0.15, 0.2) is 5.11 Å². The summed E-state index contributed by atoms with van der Waals surface area (Å²) < 4.78 is 35.3. The fourth-order valence-corrected chi connectivity index (χ4v) is 4.14. The first-order valence-corrected chi connectivity index (χ1v) is 14.7. The Balaban J connectivity index is 4.61. The van der Waals surface area contributed by atoms with Gasteiger partial charge in [0.1, 0.15) is 6.54 Å². The zero-order chi connectivity index (χ0) is 29.7. The topological polar surface area (TPSA) is 243 Å². The Hall–Kier alpha value is -2.94. The normalized spacial score (nSPS) is 13.4. The highest BCUT2D eigenvalue weighted by molar-refractivity contribution is 7.85. The van der Waals surface area contributed by atoms with Crippen molar-refractivity contribution in [1.29, 1.82) is 0 Å². The summed E-state index contributed by atoms with van der Waals surface area (Å²) in [5.74, 6) is -3.43. The van der Waals surface area contributed by atoms with Gasteiger partial charge in [0.2, 0.25) is 23.6 Å². The van der Waals surface area contributed by atoms with Crippen LogP contribution < -0.4 is 21.7 Å². The molecule has 3 unspecified atom stereocenters. The highest BCUT2D eigenvalue weighted by atomic mass is 32.2. The van der Waals surface area contributed by atoms with Crippen molar-refractivity contribution < 1.29 is 36.9 Å². The van der Waals surface area contributed by atoms with Crippen LogP contribution in [0.3, 0.4) is 0 Å². The molecule has 0 bridgehead atoms. The highest BCUT2D eigenvalue weighted by Gasteiger charge is 2.28. The molecule has 224 valence electrons. The lowest BCUT2D eigenvalue weighted by Gasteiger charge is -2.23. The largest absolute Gasteiger partial charge is 0.380 e. The second kappa shape index (κ2) is 21.0. The maximum Gasteiger partial charge on any atom is 0.264 e. The van der Waals surface area contributed by atoms with Gasteiger partial charge in [-0.1, -0.05) is 19.0 Å². The van der Waals surface area contributed by atoms with Crippen molar-refractivity contribution in [1.82, 2.24) is 16.0 Å². The van der Waals surface area contributed by atoms with E-state index in [0.717, 1.165) is 6.42 Å². The molecule has 0 aliphatic rings. The van der Waals surface area contributed by atoms with Gasteiger partial charge in [0.15, 0.2) is 0 Å². The number of hydrogen-bond donors (Lipinski definition) is 5. The smallest absolute Gasteiger partial charge is 0.264 e. The Morgan fingerprint density at radius 3 is 2.15 bits per heavy atom. The van der Waals surface area contributed by atoms with Crippen molar-refractivity contribution in [2.24, 2.45) is 28.6 Å². The molecule has 0 aliphatic heterocycles. The summed E-state index contributed by atoms with van der Waals surface area (Å²) in [6, 6.07) is 0. The number of unbranched alkanes of at least 4 members (excludes halogenated alkanes) is 2. The van der Waals surface area contributed by atoms with E-state index in [1.54, 1.807) is 6.92 Å². The molecule has 0 spiro atoms. The van der Waals surface area contributed by atoms with Gasteiger partial charge in [0.25, 0.3) is 10.1 Å². The average molecular weight is 578 g/mol. The van der Waals surface area contributed by atoms with Gasteiger partial charge in [-0.2, -0.15) is 8.42 Å². The van der Waals surface area contributed by atoms with Crippen LogP contribution in [-0.2, 0) is 34.0 Å². The second-order valence-electron chi connectivity index (χ2n) is 9.21. The molecule has 0 aliphatic carbocycles. The molecule has 0 saturated heterocycles. The summed E-state index contributed by atoms with van der Waals surface area (Å²) in [7, 11) is -4.03. The van der Waals surface area contributed by atoms with Crippen molar-refractivity contribution in [2.45, 2.75) is 58.8 Å². The Labute approximate surface area is 229 Å². The minimum atomic E-state index is -4.03. The van der Waals surface area contributed by atoms with E-state index in [-0.39, 0.29) is 63.3 Å². The van der Waals surface area contributed by atoms with E-state index in [2.05, 4.69) is 26.0 Å². The number of primary amides is 1. The van der Waals surface area contributed by atoms with Crippen LogP contribution in [0.4, 0.5) is 0 Å². The van der Waals surface area contributed by atoms with Crippen LogP contribution in [0, 0.1) is 17.8 Å². The molecule has 0 rings (SSSR count). The molecule has 0 aromatic carbocycles. The molecular weight excluding hydrogens is 534 g/mol. The quantitative estimate of drug-likeness (QED) is 0.0378. The van der Waals surface area contributed by atoms with Crippen molar-refractivity contribution in [3.63, 3.8) is 0 Å². The molecule has 0 aromatic rings. The second-order valence-corrected chi connectivity index (χ2v) is 10.8. The van der Waals surface area contributed by atoms with Crippen molar-refractivity contribution in [2.75, 3.05) is 45.1 Å². The number of rotatable bonds is 23. The summed E-state index contributed by atoms with van der Waals surface area (Å²) in [6.45, 7) is 4.51. The molecule has 4 amide bonds. The Morgan fingerprint density at radius 2 is 1.56 bits per heavy atom. The summed E-state index contributed by atoms with van der Waals surface area (Å²) in [4.78, 5) is 51.1. The number of nitrogens with zero attached hydrogens (tertiary/aromatic N) is 3. The zero-order valence-corrected chi connectivity index (χ0v) is 23.6. The Kier molecular flexibility index (Phi) is 19.4. The van der Waals surface area contributed by atoms with E-state index in [1.807, 2.05) is 6.92 Å². The fraction of sp³-hybridized carbons (Fsp3) is 0.826. The molecule has 0 heterocycles. The first-order valence-electron chi connectivity index (χ1n) is 13.1. The maximum atomic E-state index is 12.9. The molecule has 39 heavy (non-hydrogen) atoms. The first-order chi connectivity index (χ1) is 18.4. The van der Waals surface area contributed by atoms with Crippen LogP contribution in [0.1, 0.15) is 58.8 Å². The van der Waals surface area contributed by atoms with Crippen molar-refractivity contribution in [3.8, 4) is 0 Å². The molecule has 15 nitrogen and oxygen atoms in total. The van der Waals surface area contributed by atoms with Gasteiger partial charge in [-0.05, 0) is 50.5 Å². The third-order valence-electron chi connectivity index (χ3n) is 5.92. The van der Waals surface area contributed by atoms with E-state index < -0.39 is 39.5 Å². The lowest BCUT2D eigenvalue weighted by atomic mass is 9.85. The number of carbonyl (C=O) groups is 4. The van der Waals surface area contributed by atoms with E-state index in [0.29, 0.717) is 32.4 Å².